The lowest BCUT2D eigenvalue weighted by Crippen LogP contribution is -2.21. The van der Waals surface area contributed by atoms with Gasteiger partial charge in [-0.3, -0.25) is 0 Å². The molecule has 0 bridgehead atoms. The van der Waals surface area contributed by atoms with Crippen LogP contribution in [-0.4, -0.2) is 17.9 Å². The van der Waals surface area contributed by atoms with Gasteiger partial charge in [0.15, 0.2) is 6.29 Å². The Morgan fingerprint density at radius 3 is 3.31 bits per heavy atom. The van der Waals surface area contributed by atoms with Gasteiger partial charge in [-0.1, -0.05) is 0 Å². The molecule has 1 saturated heterocycles. The van der Waals surface area contributed by atoms with E-state index in [9.17, 15) is 0 Å². The first-order chi connectivity index (χ1) is 6.45. The van der Waals surface area contributed by atoms with Crippen LogP contribution in [0.5, 0.6) is 0 Å². The second-order valence-corrected chi connectivity index (χ2v) is 4.01. The quantitative estimate of drug-likeness (QED) is 0.747. The van der Waals surface area contributed by atoms with Gasteiger partial charge in [-0.2, -0.15) is 0 Å². The molecule has 0 amide bonds. The van der Waals surface area contributed by atoms with Crippen molar-refractivity contribution in [1.82, 2.24) is 4.98 Å². The highest BCUT2D eigenvalue weighted by molar-refractivity contribution is 7.09. The third kappa shape index (κ3) is 2.76. The molecule has 0 aromatic carbocycles. The van der Waals surface area contributed by atoms with Gasteiger partial charge in [-0.25, -0.2) is 4.98 Å². The molecule has 1 atom stereocenters. The summed E-state index contributed by atoms with van der Waals surface area (Å²) in [5.74, 6) is 0. The lowest BCUT2D eigenvalue weighted by Gasteiger charge is -2.22. The lowest BCUT2D eigenvalue weighted by molar-refractivity contribution is -0.168. The average Bonchev–Trinajstić information content (AvgIpc) is 2.69. The Morgan fingerprint density at radius 2 is 2.62 bits per heavy atom. The summed E-state index contributed by atoms with van der Waals surface area (Å²) in [6.07, 6.45) is 5.19. The van der Waals surface area contributed by atoms with Crippen LogP contribution < -0.4 is 0 Å². The monoisotopic (exact) mass is 199 g/mol. The molecule has 1 aliphatic heterocycles. The molecule has 0 radical (unpaired) electrons. The Balaban J connectivity index is 1.72. The minimum absolute atomic E-state index is 0.00218. The first-order valence-corrected chi connectivity index (χ1v) is 5.45. The normalized spacial score (nSPS) is 23.2. The Morgan fingerprint density at radius 1 is 1.62 bits per heavy atom. The number of aromatic nitrogens is 1. The number of ether oxygens (including phenoxy) is 2. The van der Waals surface area contributed by atoms with Crippen LogP contribution in [-0.2, 0) is 16.1 Å². The Labute approximate surface area is 81.7 Å². The molecule has 2 rings (SSSR count). The maximum absolute atomic E-state index is 5.55. The van der Waals surface area contributed by atoms with Crippen molar-refractivity contribution in [2.24, 2.45) is 0 Å². The molecular formula is C9H13NO2S. The fraction of sp³-hybridized carbons (Fsp3) is 0.667. The fourth-order valence-corrected chi connectivity index (χ4v) is 1.87. The summed E-state index contributed by atoms with van der Waals surface area (Å²) in [5.41, 5.74) is 0. The second kappa shape index (κ2) is 4.69. The Hall–Kier alpha value is -0.450. The van der Waals surface area contributed by atoms with Crippen LogP contribution in [0.15, 0.2) is 11.6 Å². The molecule has 1 fully saturated rings. The van der Waals surface area contributed by atoms with E-state index in [4.69, 9.17) is 9.47 Å². The number of thiazole rings is 1. The number of nitrogens with zero attached hydrogens (tertiary/aromatic N) is 1. The van der Waals surface area contributed by atoms with Crippen molar-refractivity contribution in [2.45, 2.75) is 32.2 Å². The van der Waals surface area contributed by atoms with Gasteiger partial charge in [0, 0.05) is 18.2 Å². The van der Waals surface area contributed by atoms with E-state index < -0.39 is 0 Å². The topological polar surface area (TPSA) is 31.4 Å². The first kappa shape index (κ1) is 9.12. The largest absolute Gasteiger partial charge is 0.353 e. The zero-order valence-corrected chi connectivity index (χ0v) is 8.26. The summed E-state index contributed by atoms with van der Waals surface area (Å²) in [6.45, 7) is 1.42. The van der Waals surface area contributed by atoms with Crippen LogP contribution >= 0.6 is 11.3 Å². The number of rotatable bonds is 3. The summed E-state index contributed by atoms with van der Waals surface area (Å²) < 4.78 is 11.0. The van der Waals surface area contributed by atoms with Crippen LogP contribution in [0.3, 0.4) is 0 Å². The van der Waals surface area contributed by atoms with E-state index in [-0.39, 0.29) is 6.29 Å². The van der Waals surface area contributed by atoms with Crippen LogP contribution in [0, 0.1) is 0 Å². The van der Waals surface area contributed by atoms with Crippen LogP contribution in [0.25, 0.3) is 0 Å². The van der Waals surface area contributed by atoms with E-state index in [1.54, 1.807) is 17.5 Å². The van der Waals surface area contributed by atoms with E-state index in [1.807, 2.05) is 5.38 Å². The molecule has 0 N–H and O–H groups in total. The Bertz CT molecular complexity index is 232. The van der Waals surface area contributed by atoms with Crippen molar-refractivity contribution in [3.63, 3.8) is 0 Å². The highest BCUT2D eigenvalue weighted by Gasteiger charge is 2.14. The van der Waals surface area contributed by atoms with Gasteiger partial charge in [0.1, 0.15) is 11.6 Å². The average molecular weight is 199 g/mol. The van der Waals surface area contributed by atoms with Gasteiger partial charge in [0.2, 0.25) is 0 Å². The number of hydrogen-bond acceptors (Lipinski definition) is 4. The molecule has 1 aromatic rings. The van der Waals surface area contributed by atoms with Gasteiger partial charge in [0.25, 0.3) is 0 Å². The van der Waals surface area contributed by atoms with Crippen molar-refractivity contribution in [1.29, 1.82) is 0 Å². The highest BCUT2D eigenvalue weighted by atomic mass is 32.1. The Kier molecular flexibility index (Phi) is 3.29. The smallest absolute Gasteiger partial charge is 0.158 e. The number of hydrogen-bond donors (Lipinski definition) is 0. The van der Waals surface area contributed by atoms with Crippen molar-refractivity contribution >= 4 is 11.3 Å². The zero-order chi connectivity index (χ0) is 8.93. The molecule has 0 aliphatic carbocycles. The zero-order valence-electron chi connectivity index (χ0n) is 7.44. The fourth-order valence-electron chi connectivity index (χ4n) is 1.33. The molecular weight excluding hydrogens is 186 g/mol. The molecule has 1 aliphatic rings. The summed E-state index contributed by atoms with van der Waals surface area (Å²) >= 11 is 1.62. The van der Waals surface area contributed by atoms with Crippen LogP contribution in [0.4, 0.5) is 0 Å². The maximum Gasteiger partial charge on any atom is 0.158 e. The van der Waals surface area contributed by atoms with Gasteiger partial charge in [-0.15, -0.1) is 11.3 Å². The van der Waals surface area contributed by atoms with E-state index in [2.05, 4.69) is 4.98 Å². The summed E-state index contributed by atoms with van der Waals surface area (Å²) in [5, 5.41) is 2.98. The minimum Gasteiger partial charge on any atom is -0.353 e. The molecule has 13 heavy (non-hydrogen) atoms. The summed E-state index contributed by atoms with van der Waals surface area (Å²) in [7, 11) is 0. The van der Waals surface area contributed by atoms with Crippen molar-refractivity contribution in [3.05, 3.63) is 16.6 Å². The van der Waals surface area contributed by atoms with E-state index in [1.165, 1.54) is 6.42 Å². The van der Waals surface area contributed by atoms with Crippen LogP contribution in [0.1, 0.15) is 24.3 Å². The molecule has 1 unspecified atom stereocenters. The summed E-state index contributed by atoms with van der Waals surface area (Å²) in [4.78, 5) is 4.14. The second-order valence-electron chi connectivity index (χ2n) is 3.03. The lowest BCUT2D eigenvalue weighted by atomic mass is 10.2. The molecule has 0 saturated carbocycles. The highest BCUT2D eigenvalue weighted by Crippen LogP contribution is 2.16. The predicted octanol–water partition coefficient (Wildman–Crippen LogP) is 2.19. The maximum atomic E-state index is 5.55. The van der Waals surface area contributed by atoms with Gasteiger partial charge < -0.3 is 9.47 Å². The molecule has 4 heteroatoms. The van der Waals surface area contributed by atoms with Gasteiger partial charge in [-0.05, 0) is 19.3 Å². The van der Waals surface area contributed by atoms with Crippen LogP contribution in [0.2, 0.25) is 0 Å². The molecule has 3 nitrogen and oxygen atoms in total. The molecule has 1 aromatic heterocycles. The third-order valence-electron chi connectivity index (χ3n) is 2.01. The summed E-state index contributed by atoms with van der Waals surface area (Å²) in [6, 6.07) is 0. The molecule has 0 spiro atoms. The van der Waals surface area contributed by atoms with Crippen molar-refractivity contribution < 1.29 is 9.47 Å². The van der Waals surface area contributed by atoms with E-state index in [0.717, 1.165) is 24.5 Å². The van der Waals surface area contributed by atoms with Gasteiger partial charge >= 0.3 is 0 Å². The van der Waals surface area contributed by atoms with Crippen molar-refractivity contribution in [2.75, 3.05) is 6.61 Å². The third-order valence-corrected chi connectivity index (χ3v) is 2.77. The molecule has 2 heterocycles. The molecule has 72 valence electrons. The van der Waals surface area contributed by atoms with E-state index in [0.29, 0.717) is 6.61 Å². The minimum atomic E-state index is -0.00218. The first-order valence-electron chi connectivity index (χ1n) is 4.57. The van der Waals surface area contributed by atoms with Crippen molar-refractivity contribution in [3.8, 4) is 0 Å². The standard InChI is InChI=1S/C9H13NO2S/c1-2-5-11-9(3-1)12-7-8-10-4-6-13-8/h4,6,9H,1-3,5,7H2. The van der Waals surface area contributed by atoms with E-state index >= 15 is 0 Å². The SMILES string of the molecule is c1csc(COC2CCCCO2)n1. The predicted molar refractivity (Wildman–Crippen MR) is 50.5 cm³/mol. The van der Waals surface area contributed by atoms with Gasteiger partial charge in [0.05, 0.1) is 0 Å².